The SMILES string of the molecule is CC(C)(C)c1ccc2c3ccc(Oc4ccc5cccc(O)c5n4)[c-]c3n(-c3cc4ccccc4cn3)c2c1.[Pt]. The Labute approximate surface area is 246 Å². The first-order chi connectivity index (χ1) is 18.8. The van der Waals surface area contributed by atoms with Crippen molar-refractivity contribution in [2.45, 2.75) is 26.2 Å². The maximum absolute atomic E-state index is 10.3. The topological polar surface area (TPSA) is 60.2 Å². The number of aromatic nitrogens is 3. The maximum Gasteiger partial charge on any atom is 0.217 e. The molecule has 1 N–H and O–H groups in total. The van der Waals surface area contributed by atoms with E-state index in [1.807, 2.05) is 36.5 Å². The van der Waals surface area contributed by atoms with E-state index in [0.717, 1.165) is 43.8 Å². The van der Waals surface area contributed by atoms with Gasteiger partial charge in [-0.1, -0.05) is 74.8 Å². The van der Waals surface area contributed by atoms with Gasteiger partial charge in [0, 0.05) is 55.4 Å². The van der Waals surface area contributed by atoms with Crippen LogP contribution in [0.4, 0.5) is 0 Å². The standard InChI is InChI=1S/C34H26N3O2.Pt/c1-34(2,3)24-12-14-26-27-15-13-25(39-32-16-11-21-9-6-10-30(38)33(21)36-32)19-29(27)37(28(26)18-24)31-17-22-7-4-5-8-23(22)20-35-31;/h4-18,20,38H,1-3H3;/q-1;. The van der Waals surface area contributed by atoms with E-state index in [1.54, 1.807) is 18.2 Å². The molecule has 7 rings (SSSR count). The second-order valence-electron chi connectivity index (χ2n) is 10.9. The second kappa shape index (κ2) is 9.76. The molecule has 0 aliphatic heterocycles. The number of phenolic OH excluding ortho intramolecular Hbond substituents is 1. The molecule has 3 heterocycles. The summed E-state index contributed by atoms with van der Waals surface area (Å²) in [6, 6.07) is 33.5. The van der Waals surface area contributed by atoms with Crippen molar-refractivity contribution in [2.24, 2.45) is 0 Å². The monoisotopic (exact) mass is 703 g/mol. The van der Waals surface area contributed by atoms with Crippen LogP contribution in [0.1, 0.15) is 26.3 Å². The van der Waals surface area contributed by atoms with Gasteiger partial charge in [-0.2, -0.15) is 6.07 Å². The molecule has 0 aliphatic carbocycles. The molecule has 0 fully saturated rings. The van der Waals surface area contributed by atoms with Crippen LogP contribution in [0.5, 0.6) is 17.4 Å². The quantitative estimate of drug-likeness (QED) is 0.188. The van der Waals surface area contributed by atoms with Crippen molar-refractivity contribution < 1.29 is 30.9 Å². The Hall–Kier alpha value is -4.21. The summed E-state index contributed by atoms with van der Waals surface area (Å²) in [5.41, 5.74) is 3.69. The Kier molecular flexibility index (Phi) is 6.35. The van der Waals surface area contributed by atoms with Gasteiger partial charge in [0.1, 0.15) is 17.1 Å². The Morgan fingerprint density at radius 3 is 2.40 bits per heavy atom. The molecular formula is C34H26N3O2Pt-. The zero-order valence-corrected chi connectivity index (χ0v) is 24.5. The van der Waals surface area contributed by atoms with Crippen molar-refractivity contribution in [3.63, 3.8) is 0 Å². The molecule has 3 aromatic heterocycles. The van der Waals surface area contributed by atoms with Crippen molar-refractivity contribution in [3.05, 3.63) is 109 Å². The van der Waals surface area contributed by atoms with Crippen LogP contribution in [0.25, 0.3) is 49.3 Å². The molecular weight excluding hydrogens is 677 g/mol. The van der Waals surface area contributed by atoms with Gasteiger partial charge < -0.3 is 14.4 Å². The van der Waals surface area contributed by atoms with E-state index >= 15 is 0 Å². The van der Waals surface area contributed by atoms with Gasteiger partial charge in [0.05, 0.1) is 0 Å². The number of phenols is 1. The number of benzene rings is 4. The van der Waals surface area contributed by atoms with Crippen LogP contribution in [0.3, 0.4) is 0 Å². The second-order valence-corrected chi connectivity index (χ2v) is 10.9. The maximum atomic E-state index is 10.3. The summed E-state index contributed by atoms with van der Waals surface area (Å²) in [6.07, 6.45) is 1.92. The summed E-state index contributed by atoms with van der Waals surface area (Å²) in [7, 11) is 0. The van der Waals surface area contributed by atoms with Crippen LogP contribution in [0.15, 0.2) is 97.2 Å². The molecule has 0 atom stereocenters. The minimum Gasteiger partial charge on any atom is -0.506 e. The number of hydrogen-bond donors (Lipinski definition) is 1. The Bertz CT molecular complexity index is 2060. The fraction of sp³-hybridized carbons (Fsp3) is 0.118. The van der Waals surface area contributed by atoms with Gasteiger partial charge in [-0.3, -0.25) is 0 Å². The van der Waals surface area contributed by atoms with Crippen LogP contribution in [0, 0.1) is 6.07 Å². The first-order valence-corrected chi connectivity index (χ1v) is 13.0. The third kappa shape index (κ3) is 4.41. The molecule has 4 aromatic carbocycles. The van der Waals surface area contributed by atoms with Crippen LogP contribution in [-0.2, 0) is 26.5 Å². The summed E-state index contributed by atoms with van der Waals surface area (Å²) in [4.78, 5) is 9.40. The van der Waals surface area contributed by atoms with Gasteiger partial charge in [-0.25, -0.2) is 9.97 Å². The van der Waals surface area contributed by atoms with Crippen LogP contribution >= 0.6 is 0 Å². The van der Waals surface area contributed by atoms with E-state index in [4.69, 9.17) is 9.72 Å². The predicted molar refractivity (Wildman–Crippen MR) is 157 cm³/mol. The van der Waals surface area contributed by atoms with E-state index in [-0.39, 0.29) is 32.2 Å². The summed E-state index contributed by atoms with van der Waals surface area (Å²) in [6.45, 7) is 6.67. The average molecular weight is 704 g/mol. The molecule has 0 unspecified atom stereocenters. The largest absolute Gasteiger partial charge is 0.506 e. The molecule has 0 amide bonds. The first-order valence-electron chi connectivity index (χ1n) is 13.0. The smallest absolute Gasteiger partial charge is 0.217 e. The minimum atomic E-state index is -0.00240. The predicted octanol–water partition coefficient (Wildman–Crippen LogP) is 8.47. The average Bonchev–Trinajstić information content (AvgIpc) is 3.25. The number of pyridine rings is 2. The number of ether oxygens (including phenoxy) is 1. The van der Waals surface area contributed by atoms with Gasteiger partial charge in [-0.05, 0) is 46.0 Å². The van der Waals surface area contributed by atoms with Crippen molar-refractivity contribution in [2.75, 3.05) is 0 Å². The molecule has 5 nitrogen and oxygen atoms in total. The zero-order chi connectivity index (χ0) is 26.7. The molecule has 6 heteroatoms. The molecule has 200 valence electrons. The van der Waals surface area contributed by atoms with E-state index in [0.29, 0.717) is 17.1 Å². The molecule has 0 saturated heterocycles. The van der Waals surface area contributed by atoms with Crippen LogP contribution in [0.2, 0.25) is 0 Å². The Balaban J connectivity index is 0.00000289. The van der Waals surface area contributed by atoms with Crippen LogP contribution < -0.4 is 4.74 Å². The Morgan fingerprint density at radius 2 is 1.57 bits per heavy atom. The molecule has 0 spiro atoms. The molecule has 0 aliphatic rings. The summed E-state index contributed by atoms with van der Waals surface area (Å²) >= 11 is 0. The molecule has 0 bridgehead atoms. The number of para-hydroxylation sites is 1. The van der Waals surface area contributed by atoms with E-state index in [1.165, 1.54) is 5.56 Å². The molecule has 7 aromatic rings. The van der Waals surface area contributed by atoms with Crippen molar-refractivity contribution in [1.82, 2.24) is 14.5 Å². The number of nitrogens with zero attached hydrogens (tertiary/aromatic N) is 3. The molecule has 40 heavy (non-hydrogen) atoms. The fourth-order valence-electron chi connectivity index (χ4n) is 5.16. The molecule has 0 radical (unpaired) electrons. The van der Waals surface area contributed by atoms with Gasteiger partial charge in [-0.15, -0.1) is 17.5 Å². The number of rotatable bonds is 3. The van der Waals surface area contributed by atoms with Crippen molar-refractivity contribution in [1.29, 1.82) is 0 Å². The number of hydrogen-bond acceptors (Lipinski definition) is 4. The summed E-state index contributed by atoms with van der Waals surface area (Å²) < 4.78 is 8.34. The van der Waals surface area contributed by atoms with E-state index in [2.05, 4.69) is 78.9 Å². The van der Waals surface area contributed by atoms with E-state index in [9.17, 15) is 5.11 Å². The Morgan fingerprint density at radius 1 is 0.800 bits per heavy atom. The summed E-state index contributed by atoms with van der Waals surface area (Å²) in [5, 5.41) is 15.5. The normalized spacial score (nSPS) is 11.8. The van der Waals surface area contributed by atoms with Gasteiger partial charge in [0.2, 0.25) is 5.88 Å². The third-order valence-electron chi connectivity index (χ3n) is 7.25. The number of fused-ring (bicyclic) bond motifs is 5. The number of aromatic hydroxyl groups is 1. The molecule has 0 saturated carbocycles. The van der Waals surface area contributed by atoms with Crippen molar-refractivity contribution in [3.8, 4) is 23.2 Å². The van der Waals surface area contributed by atoms with Gasteiger partial charge >= 0.3 is 0 Å². The van der Waals surface area contributed by atoms with Crippen LogP contribution in [-0.4, -0.2) is 19.6 Å². The zero-order valence-electron chi connectivity index (χ0n) is 22.3. The van der Waals surface area contributed by atoms with Gasteiger partial charge in [0.15, 0.2) is 0 Å². The summed E-state index contributed by atoms with van der Waals surface area (Å²) in [5.74, 6) is 1.86. The first kappa shape index (κ1) is 26.0. The van der Waals surface area contributed by atoms with E-state index < -0.39 is 0 Å². The van der Waals surface area contributed by atoms with Gasteiger partial charge in [0.25, 0.3) is 0 Å². The fourth-order valence-corrected chi connectivity index (χ4v) is 5.16. The van der Waals surface area contributed by atoms with Crippen molar-refractivity contribution >= 4 is 43.5 Å². The third-order valence-corrected chi connectivity index (χ3v) is 7.25. The minimum absolute atomic E-state index is 0.